The van der Waals surface area contributed by atoms with Gasteiger partial charge in [0.1, 0.15) is 0 Å². The quantitative estimate of drug-likeness (QED) is 0.768. The number of benzene rings is 2. The van der Waals surface area contributed by atoms with E-state index in [1.165, 1.54) is 16.7 Å². The molecule has 0 radical (unpaired) electrons. The third-order valence-electron chi connectivity index (χ3n) is 5.39. The van der Waals surface area contributed by atoms with Gasteiger partial charge in [-0.05, 0) is 42.5 Å². The smallest absolute Gasteiger partial charge is 0.234 e. The Bertz CT molecular complexity index is 723. The molecule has 0 aromatic heterocycles. The number of aryl methyl sites for hydroxylation is 1. The van der Waals surface area contributed by atoms with Crippen molar-refractivity contribution in [1.29, 1.82) is 0 Å². The number of halogens is 1. The first-order valence-corrected chi connectivity index (χ1v) is 9.46. The molecule has 0 saturated carbocycles. The van der Waals surface area contributed by atoms with Gasteiger partial charge in [-0.3, -0.25) is 9.69 Å². The van der Waals surface area contributed by atoms with Crippen molar-refractivity contribution >= 4 is 18.3 Å². The first kappa shape index (κ1) is 21.4. The summed E-state index contributed by atoms with van der Waals surface area (Å²) in [4.78, 5) is 14.6. The summed E-state index contributed by atoms with van der Waals surface area (Å²) < 4.78 is 0. The third-order valence-corrected chi connectivity index (χ3v) is 5.39. The molecule has 2 atom stereocenters. The van der Waals surface area contributed by atoms with Crippen molar-refractivity contribution in [2.45, 2.75) is 19.3 Å². The Balaban J connectivity index is 0.00000261. The van der Waals surface area contributed by atoms with Gasteiger partial charge in [-0.1, -0.05) is 54.6 Å². The summed E-state index contributed by atoms with van der Waals surface area (Å²) in [5, 5.41) is 3.06. The van der Waals surface area contributed by atoms with Crippen LogP contribution in [0, 0.1) is 12.8 Å². The summed E-state index contributed by atoms with van der Waals surface area (Å²) in [5.41, 5.74) is 9.88. The number of likely N-dealkylation sites (tertiary alicyclic amines) is 1. The molecule has 2 aromatic rings. The van der Waals surface area contributed by atoms with Crippen molar-refractivity contribution in [2.75, 3.05) is 32.7 Å². The van der Waals surface area contributed by atoms with Crippen molar-refractivity contribution in [3.05, 3.63) is 71.3 Å². The van der Waals surface area contributed by atoms with Crippen LogP contribution in [0.25, 0.3) is 0 Å². The van der Waals surface area contributed by atoms with Crippen LogP contribution in [0.4, 0.5) is 0 Å². The standard InChI is InChI=1S/C22H29N3O.ClH/c1-17-7-5-6-8-18(17)11-12-24-22(26)16-25-14-20(13-23)21(15-25)19-9-3-2-4-10-19;/h2-10,20-21H,11-16,23H2,1H3,(H,24,26);1H/t20-,21+;/m1./s1. The normalized spacial score (nSPS) is 19.5. The zero-order valence-corrected chi connectivity index (χ0v) is 16.8. The summed E-state index contributed by atoms with van der Waals surface area (Å²) in [6, 6.07) is 18.8. The molecule has 5 heteroatoms. The minimum absolute atomic E-state index is 0. The van der Waals surface area contributed by atoms with Crippen LogP contribution in [0.15, 0.2) is 54.6 Å². The molecule has 1 aliphatic rings. The Morgan fingerprint density at radius 3 is 2.52 bits per heavy atom. The Hall–Kier alpha value is -1.88. The number of nitrogens with zero attached hydrogens (tertiary/aromatic N) is 1. The lowest BCUT2D eigenvalue weighted by atomic mass is 9.89. The van der Waals surface area contributed by atoms with Crippen molar-refractivity contribution in [3.8, 4) is 0 Å². The minimum atomic E-state index is 0. The molecule has 0 bridgehead atoms. The van der Waals surface area contributed by atoms with E-state index < -0.39 is 0 Å². The van der Waals surface area contributed by atoms with E-state index in [0.717, 1.165) is 19.5 Å². The molecule has 3 rings (SSSR count). The van der Waals surface area contributed by atoms with Crippen molar-refractivity contribution < 1.29 is 4.79 Å². The van der Waals surface area contributed by atoms with Gasteiger partial charge in [0.2, 0.25) is 5.91 Å². The predicted molar refractivity (Wildman–Crippen MR) is 113 cm³/mol. The van der Waals surface area contributed by atoms with Gasteiger partial charge in [0.25, 0.3) is 0 Å². The molecule has 1 amide bonds. The summed E-state index contributed by atoms with van der Waals surface area (Å²) >= 11 is 0. The van der Waals surface area contributed by atoms with Gasteiger partial charge in [-0.25, -0.2) is 0 Å². The average Bonchev–Trinajstić information content (AvgIpc) is 3.07. The first-order chi connectivity index (χ1) is 12.7. The fourth-order valence-corrected chi connectivity index (χ4v) is 3.89. The highest BCUT2D eigenvalue weighted by atomic mass is 35.5. The van der Waals surface area contributed by atoms with E-state index in [0.29, 0.717) is 31.5 Å². The highest BCUT2D eigenvalue weighted by molar-refractivity contribution is 5.85. The van der Waals surface area contributed by atoms with E-state index in [-0.39, 0.29) is 18.3 Å². The Morgan fingerprint density at radius 1 is 1.11 bits per heavy atom. The fourth-order valence-electron chi connectivity index (χ4n) is 3.89. The van der Waals surface area contributed by atoms with Gasteiger partial charge in [-0.15, -0.1) is 12.4 Å². The summed E-state index contributed by atoms with van der Waals surface area (Å²) in [6.45, 7) is 5.69. The molecule has 0 spiro atoms. The van der Waals surface area contributed by atoms with Crippen LogP contribution in [0.2, 0.25) is 0 Å². The van der Waals surface area contributed by atoms with Crippen molar-refractivity contribution in [2.24, 2.45) is 11.7 Å². The third kappa shape index (κ3) is 5.80. The molecular formula is C22H30ClN3O. The van der Waals surface area contributed by atoms with Crippen LogP contribution < -0.4 is 11.1 Å². The van der Waals surface area contributed by atoms with Gasteiger partial charge in [-0.2, -0.15) is 0 Å². The molecule has 0 aliphatic carbocycles. The lowest BCUT2D eigenvalue weighted by Crippen LogP contribution is -2.37. The van der Waals surface area contributed by atoms with Crippen LogP contribution in [0.5, 0.6) is 0 Å². The Morgan fingerprint density at radius 2 is 1.81 bits per heavy atom. The number of hydrogen-bond donors (Lipinski definition) is 2. The summed E-state index contributed by atoms with van der Waals surface area (Å²) in [5.74, 6) is 0.932. The monoisotopic (exact) mass is 387 g/mol. The molecule has 146 valence electrons. The van der Waals surface area contributed by atoms with E-state index in [2.05, 4.69) is 53.5 Å². The maximum absolute atomic E-state index is 12.3. The molecule has 3 N–H and O–H groups in total. The largest absolute Gasteiger partial charge is 0.355 e. The number of amides is 1. The van der Waals surface area contributed by atoms with Crippen molar-refractivity contribution in [1.82, 2.24) is 10.2 Å². The second kappa shape index (κ2) is 10.5. The van der Waals surface area contributed by atoms with E-state index in [1.54, 1.807) is 0 Å². The number of nitrogens with one attached hydrogen (secondary N) is 1. The zero-order chi connectivity index (χ0) is 18.4. The van der Waals surface area contributed by atoms with Crippen LogP contribution in [-0.2, 0) is 11.2 Å². The topological polar surface area (TPSA) is 58.4 Å². The van der Waals surface area contributed by atoms with Gasteiger partial charge in [0, 0.05) is 25.6 Å². The van der Waals surface area contributed by atoms with Crippen LogP contribution in [-0.4, -0.2) is 43.5 Å². The number of hydrogen-bond acceptors (Lipinski definition) is 3. The van der Waals surface area contributed by atoms with Crippen LogP contribution in [0.1, 0.15) is 22.6 Å². The number of carbonyl (C=O) groups is 1. The SMILES string of the molecule is Cc1ccccc1CCNC(=O)CN1C[C@@H](CN)[C@H](c2ccccc2)C1.Cl. The van der Waals surface area contributed by atoms with E-state index >= 15 is 0 Å². The predicted octanol–water partition coefficient (Wildman–Crippen LogP) is 2.75. The number of nitrogens with two attached hydrogens (primary N) is 1. The van der Waals surface area contributed by atoms with Gasteiger partial charge >= 0.3 is 0 Å². The molecule has 27 heavy (non-hydrogen) atoms. The van der Waals surface area contributed by atoms with E-state index in [4.69, 9.17) is 5.73 Å². The molecular weight excluding hydrogens is 358 g/mol. The molecule has 0 unspecified atom stereocenters. The summed E-state index contributed by atoms with van der Waals surface area (Å²) in [6.07, 6.45) is 0.872. The zero-order valence-electron chi connectivity index (χ0n) is 15.9. The van der Waals surface area contributed by atoms with Crippen LogP contribution in [0.3, 0.4) is 0 Å². The lowest BCUT2D eigenvalue weighted by molar-refractivity contribution is -0.122. The summed E-state index contributed by atoms with van der Waals surface area (Å²) in [7, 11) is 0. The van der Waals surface area contributed by atoms with Gasteiger partial charge in [0.15, 0.2) is 0 Å². The molecule has 1 aliphatic heterocycles. The van der Waals surface area contributed by atoms with Gasteiger partial charge in [0.05, 0.1) is 6.54 Å². The minimum Gasteiger partial charge on any atom is -0.355 e. The first-order valence-electron chi connectivity index (χ1n) is 9.46. The van der Waals surface area contributed by atoms with Crippen LogP contribution >= 0.6 is 12.4 Å². The second-order valence-corrected chi connectivity index (χ2v) is 7.23. The van der Waals surface area contributed by atoms with E-state index in [1.807, 2.05) is 18.2 Å². The van der Waals surface area contributed by atoms with E-state index in [9.17, 15) is 4.79 Å². The molecule has 1 saturated heterocycles. The number of rotatable bonds is 7. The maximum Gasteiger partial charge on any atom is 0.234 e. The number of carbonyl (C=O) groups excluding carboxylic acids is 1. The second-order valence-electron chi connectivity index (χ2n) is 7.23. The highest BCUT2D eigenvalue weighted by Gasteiger charge is 2.33. The fraction of sp³-hybridized carbons (Fsp3) is 0.409. The molecule has 1 heterocycles. The molecule has 2 aromatic carbocycles. The molecule has 4 nitrogen and oxygen atoms in total. The Kier molecular flexibility index (Phi) is 8.29. The van der Waals surface area contributed by atoms with Crippen molar-refractivity contribution in [3.63, 3.8) is 0 Å². The lowest BCUT2D eigenvalue weighted by Gasteiger charge is -2.16. The average molecular weight is 388 g/mol. The Labute approximate surface area is 168 Å². The highest BCUT2D eigenvalue weighted by Crippen LogP contribution is 2.31. The van der Waals surface area contributed by atoms with Gasteiger partial charge < -0.3 is 11.1 Å². The molecule has 1 fully saturated rings. The maximum atomic E-state index is 12.3.